The van der Waals surface area contributed by atoms with Crippen molar-refractivity contribution in [1.29, 1.82) is 0 Å². The van der Waals surface area contributed by atoms with Gasteiger partial charge in [0.25, 0.3) is 0 Å². The summed E-state index contributed by atoms with van der Waals surface area (Å²) in [6.07, 6.45) is 8.04. The number of nitrogens with one attached hydrogen (secondary N) is 1. The molecule has 0 fully saturated rings. The molecule has 0 rings (SSSR count). The van der Waals surface area contributed by atoms with Crippen LogP contribution in [-0.2, 0) is 9.47 Å². The van der Waals surface area contributed by atoms with Gasteiger partial charge >= 0.3 is 0 Å². The van der Waals surface area contributed by atoms with Gasteiger partial charge in [-0.1, -0.05) is 12.5 Å². The molecule has 0 saturated heterocycles. The number of unbranched alkanes of at least 4 members (excludes halogenated alkanes) is 3. The highest BCUT2D eigenvalue weighted by Gasteiger charge is 1.90. The molecule has 0 atom stereocenters. The molecule has 3 heteroatoms. The average molecular weight is 229 g/mol. The Hall–Kier alpha value is -0.380. The molecule has 0 amide bonds. The summed E-state index contributed by atoms with van der Waals surface area (Å²) in [6, 6.07) is 0. The van der Waals surface area contributed by atoms with Crippen molar-refractivity contribution in [2.45, 2.75) is 32.1 Å². The zero-order valence-corrected chi connectivity index (χ0v) is 10.7. The minimum Gasteiger partial charge on any atom is -0.382 e. The van der Waals surface area contributed by atoms with Gasteiger partial charge in [-0.15, -0.1) is 6.58 Å². The minimum atomic E-state index is 0.691. The molecular formula is C13H27NO2. The van der Waals surface area contributed by atoms with E-state index in [0.717, 1.165) is 32.5 Å². The lowest BCUT2D eigenvalue weighted by molar-refractivity contribution is 0.0695. The molecule has 0 aromatic carbocycles. The van der Waals surface area contributed by atoms with Crippen molar-refractivity contribution in [2.75, 3.05) is 40.0 Å². The second-order valence-corrected chi connectivity index (χ2v) is 3.85. The molecule has 0 aromatic heterocycles. The van der Waals surface area contributed by atoms with E-state index in [1.54, 1.807) is 7.11 Å². The summed E-state index contributed by atoms with van der Waals surface area (Å²) in [4.78, 5) is 0. The highest BCUT2D eigenvalue weighted by atomic mass is 16.5. The van der Waals surface area contributed by atoms with Crippen LogP contribution in [-0.4, -0.2) is 40.0 Å². The maximum Gasteiger partial charge on any atom is 0.0700 e. The first-order chi connectivity index (χ1) is 7.91. The van der Waals surface area contributed by atoms with Gasteiger partial charge < -0.3 is 14.8 Å². The fourth-order valence-electron chi connectivity index (χ4n) is 1.38. The van der Waals surface area contributed by atoms with Crippen LogP contribution in [0.3, 0.4) is 0 Å². The Morgan fingerprint density at radius 3 is 2.56 bits per heavy atom. The largest absolute Gasteiger partial charge is 0.382 e. The third-order valence-electron chi connectivity index (χ3n) is 2.34. The van der Waals surface area contributed by atoms with Crippen LogP contribution >= 0.6 is 0 Å². The number of ether oxygens (including phenoxy) is 2. The fourth-order valence-corrected chi connectivity index (χ4v) is 1.38. The molecule has 0 heterocycles. The van der Waals surface area contributed by atoms with Gasteiger partial charge in [-0.2, -0.15) is 0 Å². The van der Waals surface area contributed by atoms with Gasteiger partial charge in [0.05, 0.1) is 13.2 Å². The summed E-state index contributed by atoms with van der Waals surface area (Å²) in [7, 11) is 1.69. The van der Waals surface area contributed by atoms with Crippen LogP contribution in [0.1, 0.15) is 32.1 Å². The van der Waals surface area contributed by atoms with Crippen molar-refractivity contribution in [1.82, 2.24) is 5.32 Å². The predicted octanol–water partition coefficient (Wildman–Crippen LogP) is 2.38. The van der Waals surface area contributed by atoms with Crippen LogP contribution in [0.4, 0.5) is 0 Å². The van der Waals surface area contributed by atoms with Gasteiger partial charge in [0.1, 0.15) is 0 Å². The van der Waals surface area contributed by atoms with Crippen molar-refractivity contribution < 1.29 is 9.47 Å². The molecule has 96 valence electrons. The van der Waals surface area contributed by atoms with E-state index < -0.39 is 0 Å². The molecule has 0 radical (unpaired) electrons. The molecule has 0 aliphatic heterocycles. The third kappa shape index (κ3) is 13.6. The number of hydrogen-bond acceptors (Lipinski definition) is 3. The van der Waals surface area contributed by atoms with Crippen LogP contribution in [0.5, 0.6) is 0 Å². The van der Waals surface area contributed by atoms with Crippen LogP contribution in [0, 0.1) is 0 Å². The van der Waals surface area contributed by atoms with Crippen LogP contribution < -0.4 is 5.32 Å². The number of allylic oxidation sites excluding steroid dienone is 1. The third-order valence-corrected chi connectivity index (χ3v) is 2.34. The van der Waals surface area contributed by atoms with E-state index in [0.29, 0.717) is 13.2 Å². The molecule has 0 aliphatic carbocycles. The maximum atomic E-state index is 5.36. The lowest BCUT2D eigenvalue weighted by Gasteiger charge is -2.05. The van der Waals surface area contributed by atoms with Crippen molar-refractivity contribution >= 4 is 0 Å². The molecule has 0 bridgehead atoms. The van der Waals surface area contributed by atoms with Crippen LogP contribution in [0.25, 0.3) is 0 Å². The van der Waals surface area contributed by atoms with Crippen molar-refractivity contribution in [3.63, 3.8) is 0 Å². The Bertz CT molecular complexity index is 140. The van der Waals surface area contributed by atoms with E-state index in [9.17, 15) is 0 Å². The first-order valence-electron chi connectivity index (χ1n) is 6.30. The molecule has 0 aliphatic rings. The topological polar surface area (TPSA) is 30.5 Å². The highest BCUT2D eigenvalue weighted by molar-refractivity contribution is 4.65. The summed E-state index contributed by atoms with van der Waals surface area (Å²) in [5.74, 6) is 0. The number of rotatable bonds is 13. The molecule has 0 saturated carbocycles. The smallest absolute Gasteiger partial charge is 0.0700 e. The lowest BCUT2D eigenvalue weighted by Crippen LogP contribution is -2.18. The van der Waals surface area contributed by atoms with E-state index in [2.05, 4.69) is 11.9 Å². The Morgan fingerprint density at radius 2 is 1.81 bits per heavy atom. The Balaban J connectivity index is 2.85. The van der Waals surface area contributed by atoms with E-state index >= 15 is 0 Å². The predicted molar refractivity (Wildman–Crippen MR) is 68.8 cm³/mol. The van der Waals surface area contributed by atoms with Gasteiger partial charge in [-0.05, 0) is 38.8 Å². The van der Waals surface area contributed by atoms with E-state index in [-0.39, 0.29) is 0 Å². The zero-order valence-electron chi connectivity index (χ0n) is 10.7. The SMILES string of the molecule is C=CCCCCCNCCCOCCOC. The molecular weight excluding hydrogens is 202 g/mol. The average Bonchev–Trinajstić information content (AvgIpc) is 2.31. The van der Waals surface area contributed by atoms with Gasteiger partial charge in [0.2, 0.25) is 0 Å². The van der Waals surface area contributed by atoms with Crippen LogP contribution in [0.15, 0.2) is 12.7 Å². The second kappa shape index (κ2) is 14.6. The quantitative estimate of drug-likeness (QED) is 0.388. The molecule has 3 nitrogen and oxygen atoms in total. The van der Waals surface area contributed by atoms with Crippen molar-refractivity contribution in [2.24, 2.45) is 0 Å². The normalized spacial score (nSPS) is 10.6. The van der Waals surface area contributed by atoms with Gasteiger partial charge in [-0.25, -0.2) is 0 Å². The van der Waals surface area contributed by atoms with Gasteiger partial charge in [-0.3, -0.25) is 0 Å². The Kier molecular flexibility index (Phi) is 14.3. The zero-order chi connectivity index (χ0) is 11.9. The lowest BCUT2D eigenvalue weighted by atomic mass is 10.2. The molecule has 0 spiro atoms. The molecule has 0 unspecified atom stereocenters. The monoisotopic (exact) mass is 229 g/mol. The van der Waals surface area contributed by atoms with Gasteiger partial charge in [0, 0.05) is 13.7 Å². The second-order valence-electron chi connectivity index (χ2n) is 3.85. The highest BCUT2D eigenvalue weighted by Crippen LogP contribution is 1.98. The molecule has 16 heavy (non-hydrogen) atoms. The Morgan fingerprint density at radius 1 is 1.00 bits per heavy atom. The van der Waals surface area contributed by atoms with E-state index in [4.69, 9.17) is 9.47 Å². The standard InChI is InChI=1S/C13H27NO2/c1-3-4-5-6-7-9-14-10-8-11-16-13-12-15-2/h3,14H,1,4-13H2,2H3. The number of methoxy groups -OCH3 is 1. The molecule has 1 N–H and O–H groups in total. The summed E-state index contributed by atoms with van der Waals surface area (Å²) in [5.41, 5.74) is 0. The van der Waals surface area contributed by atoms with E-state index in [1.807, 2.05) is 6.08 Å². The first kappa shape index (κ1) is 15.6. The first-order valence-corrected chi connectivity index (χ1v) is 6.30. The number of hydrogen-bond donors (Lipinski definition) is 1. The van der Waals surface area contributed by atoms with E-state index in [1.165, 1.54) is 19.3 Å². The summed E-state index contributed by atoms with van der Waals surface area (Å²) in [5, 5.41) is 3.42. The minimum absolute atomic E-state index is 0.691. The fraction of sp³-hybridized carbons (Fsp3) is 0.846. The van der Waals surface area contributed by atoms with Crippen molar-refractivity contribution in [3.05, 3.63) is 12.7 Å². The summed E-state index contributed by atoms with van der Waals surface area (Å²) >= 11 is 0. The summed E-state index contributed by atoms with van der Waals surface area (Å²) < 4.78 is 10.2. The van der Waals surface area contributed by atoms with Gasteiger partial charge in [0.15, 0.2) is 0 Å². The van der Waals surface area contributed by atoms with Crippen LogP contribution in [0.2, 0.25) is 0 Å². The maximum absolute atomic E-state index is 5.36. The Labute approximate surface area is 100 Å². The molecule has 0 aromatic rings. The van der Waals surface area contributed by atoms with Crippen molar-refractivity contribution in [3.8, 4) is 0 Å². The summed E-state index contributed by atoms with van der Waals surface area (Å²) in [6.45, 7) is 8.11.